The van der Waals surface area contributed by atoms with Crippen LogP contribution in [0.2, 0.25) is 0 Å². The van der Waals surface area contributed by atoms with Gasteiger partial charge in [0, 0.05) is 17.8 Å². The maximum Gasteiger partial charge on any atom is 0.178 e. The molecule has 2 aliphatic rings. The number of benzene rings is 3. The number of fused-ring (bicyclic) bond motifs is 2. The molecule has 1 aliphatic carbocycles. The molecule has 5 rings (SSSR count). The lowest BCUT2D eigenvalue weighted by molar-refractivity contribution is -0.124. The van der Waals surface area contributed by atoms with Gasteiger partial charge < -0.3 is 15.0 Å². The maximum absolute atomic E-state index is 13.8. The predicted octanol–water partition coefficient (Wildman–Crippen LogP) is 7.12. The van der Waals surface area contributed by atoms with Crippen LogP contribution in [-0.4, -0.2) is 23.2 Å². The molecule has 1 heterocycles. The molecule has 2 atom stereocenters. The van der Waals surface area contributed by atoms with Crippen LogP contribution in [0.5, 0.6) is 5.75 Å². The molecule has 0 bridgehead atoms. The quantitative estimate of drug-likeness (QED) is 0.389. The molecule has 1 fully saturated rings. The minimum Gasteiger partial charge on any atom is -0.494 e. The summed E-state index contributed by atoms with van der Waals surface area (Å²) in [6.45, 7) is 6.86. The normalized spacial score (nSPS) is 20.5. The van der Waals surface area contributed by atoms with Crippen LogP contribution in [0.3, 0.4) is 0 Å². The maximum atomic E-state index is 13.8. The van der Waals surface area contributed by atoms with E-state index in [2.05, 4.69) is 24.1 Å². The first kappa shape index (κ1) is 24.2. The van der Waals surface area contributed by atoms with Crippen LogP contribution in [0.25, 0.3) is 0 Å². The zero-order valence-electron chi connectivity index (χ0n) is 20.9. The number of carbonyl (C=O) groups is 1. The number of rotatable bonds is 4. The molecule has 0 aromatic heterocycles. The number of anilines is 2. The van der Waals surface area contributed by atoms with Gasteiger partial charge in [-0.15, -0.1) is 0 Å². The van der Waals surface area contributed by atoms with Gasteiger partial charge in [-0.25, -0.2) is 0 Å². The smallest absolute Gasteiger partial charge is 0.178 e. The van der Waals surface area contributed by atoms with E-state index >= 15 is 0 Å². The number of hydrogen-bond acceptors (Lipinski definition) is 4. The fraction of sp³-hybridized carbons (Fsp3) is 0.300. The molecule has 36 heavy (non-hydrogen) atoms. The van der Waals surface area contributed by atoms with Gasteiger partial charge in [-0.1, -0.05) is 56.3 Å². The number of aliphatic imine (C=N–C) groups is 1. The molecule has 3 aromatic rings. The Morgan fingerprint density at radius 1 is 1.03 bits per heavy atom. The van der Waals surface area contributed by atoms with Gasteiger partial charge in [-0.05, 0) is 72.9 Å². The Bertz CT molecular complexity index is 1300. The van der Waals surface area contributed by atoms with E-state index in [0.717, 1.165) is 40.5 Å². The second kappa shape index (κ2) is 9.86. The van der Waals surface area contributed by atoms with Crippen LogP contribution in [-0.2, 0) is 4.79 Å². The lowest BCUT2D eigenvalue weighted by Crippen LogP contribution is -2.48. The number of ketones is 1. The number of nitrogens with one attached hydrogen (secondary N) is 1. The Balaban J connectivity index is 1.67. The third-order valence-electron chi connectivity index (χ3n) is 6.79. The Kier molecular flexibility index (Phi) is 6.63. The van der Waals surface area contributed by atoms with Gasteiger partial charge in [0.2, 0.25) is 0 Å². The van der Waals surface area contributed by atoms with Gasteiger partial charge in [-0.3, -0.25) is 9.79 Å². The van der Waals surface area contributed by atoms with Crippen molar-refractivity contribution in [3.63, 3.8) is 0 Å². The number of para-hydroxylation sites is 3. The zero-order valence-corrected chi connectivity index (χ0v) is 21.7. The topological polar surface area (TPSA) is 53.9 Å². The van der Waals surface area contributed by atoms with Crippen molar-refractivity contribution < 1.29 is 9.53 Å². The van der Waals surface area contributed by atoms with E-state index < -0.39 is 5.92 Å². The summed E-state index contributed by atoms with van der Waals surface area (Å²) in [4.78, 5) is 21.0. The fourth-order valence-corrected chi connectivity index (χ4v) is 5.65. The van der Waals surface area contributed by atoms with Crippen molar-refractivity contribution in [2.75, 3.05) is 16.8 Å². The number of nitrogens with zero attached hydrogens (tertiary/aromatic N) is 2. The van der Waals surface area contributed by atoms with E-state index in [9.17, 15) is 4.79 Å². The zero-order chi connectivity index (χ0) is 25.3. The second-order valence-corrected chi connectivity index (χ2v) is 10.6. The summed E-state index contributed by atoms with van der Waals surface area (Å²) < 4.78 is 5.70. The molecule has 0 unspecified atom stereocenters. The lowest BCUT2D eigenvalue weighted by Gasteiger charge is -2.41. The van der Waals surface area contributed by atoms with Crippen molar-refractivity contribution in [2.24, 2.45) is 16.3 Å². The highest BCUT2D eigenvalue weighted by atomic mass is 32.1. The number of carbonyl (C=O) groups excluding carboxylic acids is 1. The molecule has 0 radical (unpaired) electrons. The molecule has 184 valence electrons. The molecule has 5 nitrogen and oxygen atoms in total. The monoisotopic (exact) mass is 497 g/mol. The third kappa shape index (κ3) is 4.78. The van der Waals surface area contributed by atoms with Crippen molar-refractivity contribution >= 4 is 45.9 Å². The Hall–Kier alpha value is -3.51. The molecule has 0 spiro atoms. The molecule has 1 aliphatic heterocycles. The minimum absolute atomic E-state index is 0.136. The summed E-state index contributed by atoms with van der Waals surface area (Å²) in [5.74, 6) is 0.597. The Labute approximate surface area is 218 Å². The highest BCUT2D eigenvalue weighted by Gasteiger charge is 2.47. The number of ether oxygens (including phenoxy) is 1. The van der Waals surface area contributed by atoms with E-state index in [1.165, 1.54) is 0 Å². The average molecular weight is 498 g/mol. The van der Waals surface area contributed by atoms with E-state index in [1.807, 2.05) is 85.8 Å². The fourth-order valence-electron chi connectivity index (χ4n) is 5.32. The van der Waals surface area contributed by atoms with Gasteiger partial charge in [0.05, 0.1) is 29.9 Å². The largest absolute Gasteiger partial charge is 0.494 e. The van der Waals surface area contributed by atoms with Crippen molar-refractivity contribution in [1.82, 2.24) is 0 Å². The number of thiocarbonyl (C=S) groups is 1. The highest BCUT2D eigenvalue weighted by Crippen LogP contribution is 2.48. The van der Waals surface area contributed by atoms with Crippen molar-refractivity contribution in [2.45, 2.75) is 39.7 Å². The van der Waals surface area contributed by atoms with Gasteiger partial charge in [0.25, 0.3) is 0 Å². The highest BCUT2D eigenvalue weighted by molar-refractivity contribution is 7.80. The van der Waals surface area contributed by atoms with Gasteiger partial charge in [-0.2, -0.15) is 0 Å². The van der Waals surface area contributed by atoms with Crippen LogP contribution in [0.1, 0.15) is 45.2 Å². The SMILES string of the molecule is CCOc1ccc([C@H]2[C@@H]3C(=O)CC(C)(C)CC3=Nc3ccccc3N2C(=S)Nc2ccccc2)cc1. The molecule has 1 saturated carbocycles. The molecular weight excluding hydrogens is 466 g/mol. The third-order valence-corrected chi connectivity index (χ3v) is 7.09. The summed E-state index contributed by atoms with van der Waals surface area (Å²) >= 11 is 6.04. The number of hydrogen-bond donors (Lipinski definition) is 1. The molecule has 3 aromatic carbocycles. The first-order valence-electron chi connectivity index (χ1n) is 12.4. The van der Waals surface area contributed by atoms with E-state index in [-0.39, 0.29) is 17.2 Å². The molecule has 6 heteroatoms. The van der Waals surface area contributed by atoms with Gasteiger partial charge in [0.15, 0.2) is 5.11 Å². The predicted molar refractivity (Wildman–Crippen MR) is 151 cm³/mol. The summed E-state index contributed by atoms with van der Waals surface area (Å²) in [7, 11) is 0. The van der Waals surface area contributed by atoms with Gasteiger partial charge >= 0.3 is 0 Å². The summed E-state index contributed by atoms with van der Waals surface area (Å²) in [5.41, 5.74) is 4.39. The van der Waals surface area contributed by atoms with Crippen molar-refractivity contribution in [3.8, 4) is 5.75 Å². The minimum atomic E-state index is -0.404. The second-order valence-electron chi connectivity index (χ2n) is 10.2. The first-order valence-corrected chi connectivity index (χ1v) is 12.8. The Morgan fingerprint density at radius 3 is 2.44 bits per heavy atom. The molecular formula is C30H31N3O2S. The molecule has 1 N–H and O–H groups in total. The molecule has 0 saturated heterocycles. The van der Waals surface area contributed by atoms with Crippen LogP contribution >= 0.6 is 12.2 Å². The standard InChI is InChI=1S/C30H31N3O2S/c1-4-35-22-16-14-20(15-17-22)28-27-24(18-30(2,3)19-26(27)34)32-23-12-8-9-13-25(23)33(28)29(36)31-21-10-6-5-7-11-21/h5-17,27-28H,4,18-19H2,1-3H3,(H,31,36)/t27-,28-/m0/s1. The van der Waals surface area contributed by atoms with Crippen LogP contribution in [0.4, 0.5) is 17.1 Å². The summed E-state index contributed by atoms with van der Waals surface area (Å²) in [6, 6.07) is 25.6. The van der Waals surface area contributed by atoms with Crippen LogP contribution in [0, 0.1) is 11.3 Å². The van der Waals surface area contributed by atoms with E-state index in [4.69, 9.17) is 21.9 Å². The summed E-state index contributed by atoms with van der Waals surface area (Å²) in [5, 5.41) is 3.94. The van der Waals surface area contributed by atoms with Crippen LogP contribution in [0.15, 0.2) is 83.9 Å². The average Bonchev–Trinajstić information content (AvgIpc) is 2.99. The lowest BCUT2D eigenvalue weighted by atomic mass is 9.68. The van der Waals surface area contributed by atoms with E-state index in [0.29, 0.717) is 18.1 Å². The van der Waals surface area contributed by atoms with Crippen LogP contribution < -0.4 is 15.0 Å². The molecule has 0 amide bonds. The Morgan fingerprint density at radius 2 is 1.72 bits per heavy atom. The van der Waals surface area contributed by atoms with Gasteiger partial charge in [0.1, 0.15) is 11.5 Å². The van der Waals surface area contributed by atoms with Crippen molar-refractivity contribution in [3.05, 3.63) is 84.4 Å². The summed E-state index contributed by atoms with van der Waals surface area (Å²) in [6.07, 6.45) is 1.27. The number of Topliss-reactive ketones (excluding diaryl/α,β-unsaturated/α-hetero) is 1. The van der Waals surface area contributed by atoms with E-state index in [1.54, 1.807) is 0 Å². The van der Waals surface area contributed by atoms with Crippen molar-refractivity contribution in [1.29, 1.82) is 0 Å². The first-order chi connectivity index (χ1) is 17.4.